The molecular weight excluding hydrogens is 202 g/mol. The van der Waals surface area contributed by atoms with Crippen molar-refractivity contribution in [1.82, 2.24) is 14.9 Å². The monoisotopic (exact) mass is 219 g/mol. The minimum Gasteiger partial charge on any atom is -0.337 e. The maximum atomic E-state index is 12.1. The Bertz CT molecular complexity index is 331. The van der Waals surface area contributed by atoms with Gasteiger partial charge in [0.25, 0.3) is 5.91 Å². The first-order valence-corrected chi connectivity index (χ1v) is 5.93. The lowest BCUT2D eigenvalue weighted by atomic mass is 10.1. The Labute approximate surface area is 95.7 Å². The fraction of sp³-hybridized carbons (Fsp3) is 0.583. The molecule has 0 radical (unpaired) electrons. The molecule has 4 nitrogen and oxygen atoms in total. The molecule has 16 heavy (non-hydrogen) atoms. The van der Waals surface area contributed by atoms with E-state index in [0.29, 0.717) is 5.69 Å². The third-order valence-electron chi connectivity index (χ3n) is 2.93. The number of aromatic nitrogens is 2. The fourth-order valence-corrected chi connectivity index (χ4v) is 2.02. The van der Waals surface area contributed by atoms with Gasteiger partial charge in [-0.3, -0.25) is 9.78 Å². The molecule has 0 saturated carbocycles. The standard InChI is InChI=1S/C12H17N3O/c16-12(11-10-13-6-7-14-11)15-8-4-2-1-3-5-9-15/h6-7,10H,1-5,8-9H2. The second-order valence-corrected chi connectivity index (χ2v) is 4.15. The van der Waals surface area contributed by atoms with Gasteiger partial charge in [0.2, 0.25) is 0 Å². The highest BCUT2D eigenvalue weighted by molar-refractivity contribution is 5.91. The highest BCUT2D eigenvalue weighted by atomic mass is 16.2. The van der Waals surface area contributed by atoms with Crippen molar-refractivity contribution in [2.24, 2.45) is 0 Å². The summed E-state index contributed by atoms with van der Waals surface area (Å²) in [6.07, 6.45) is 10.7. The van der Waals surface area contributed by atoms with Gasteiger partial charge in [-0.2, -0.15) is 0 Å². The average molecular weight is 219 g/mol. The van der Waals surface area contributed by atoms with Gasteiger partial charge in [-0.15, -0.1) is 0 Å². The van der Waals surface area contributed by atoms with Crippen molar-refractivity contribution >= 4 is 5.91 Å². The van der Waals surface area contributed by atoms with Crippen LogP contribution in [0.5, 0.6) is 0 Å². The molecule has 1 saturated heterocycles. The predicted molar refractivity (Wildman–Crippen MR) is 61.0 cm³/mol. The summed E-state index contributed by atoms with van der Waals surface area (Å²) >= 11 is 0. The molecule has 0 unspecified atom stereocenters. The maximum Gasteiger partial charge on any atom is 0.274 e. The summed E-state index contributed by atoms with van der Waals surface area (Å²) in [6.45, 7) is 1.71. The first-order chi connectivity index (χ1) is 7.88. The van der Waals surface area contributed by atoms with E-state index in [9.17, 15) is 4.79 Å². The minimum atomic E-state index is 0.0231. The molecule has 0 aromatic carbocycles. The van der Waals surface area contributed by atoms with Crippen LogP contribution >= 0.6 is 0 Å². The van der Waals surface area contributed by atoms with Gasteiger partial charge in [-0.1, -0.05) is 19.3 Å². The quantitative estimate of drug-likeness (QED) is 0.724. The summed E-state index contributed by atoms with van der Waals surface area (Å²) in [5.74, 6) is 0.0231. The second kappa shape index (κ2) is 5.58. The van der Waals surface area contributed by atoms with Crippen molar-refractivity contribution in [2.75, 3.05) is 13.1 Å². The van der Waals surface area contributed by atoms with Crippen molar-refractivity contribution in [1.29, 1.82) is 0 Å². The van der Waals surface area contributed by atoms with E-state index in [1.165, 1.54) is 19.3 Å². The number of rotatable bonds is 1. The van der Waals surface area contributed by atoms with Crippen LogP contribution in [-0.4, -0.2) is 33.9 Å². The molecule has 0 bridgehead atoms. The number of likely N-dealkylation sites (tertiary alicyclic amines) is 1. The molecule has 1 aliphatic rings. The van der Waals surface area contributed by atoms with E-state index in [1.807, 2.05) is 4.90 Å². The highest BCUT2D eigenvalue weighted by Gasteiger charge is 2.17. The first kappa shape index (κ1) is 11.0. The Morgan fingerprint density at radius 3 is 2.38 bits per heavy atom. The van der Waals surface area contributed by atoms with Crippen molar-refractivity contribution in [3.63, 3.8) is 0 Å². The summed E-state index contributed by atoms with van der Waals surface area (Å²) in [4.78, 5) is 22.0. The third-order valence-corrected chi connectivity index (χ3v) is 2.93. The number of carbonyl (C=O) groups is 1. The van der Waals surface area contributed by atoms with Crippen molar-refractivity contribution in [3.8, 4) is 0 Å². The Hall–Kier alpha value is -1.45. The molecule has 86 valence electrons. The zero-order valence-electron chi connectivity index (χ0n) is 9.43. The zero-order valence-corrected chi connectivity index (χ0v) is 9.43. The van der Waals surface area contributed by atoms with Crippen LogP contribution < -0.4 is 0 Å². The molecule has 4 heteroatoms. The van der Waals surface area contributed by atoms with Crippen LogP contribution in [0.3, 0.4) is 0 Å². The van der Waals surface area contributed by atoms with Crippen LogP contribution in [0.25, 0.3) is 0 Å². The van der Waals surface area contributed by atoms with E-state index in [2.05, 4.69) is 9.97 Å². The van der Waals surface area contributed by atoms with Crippen LogP contribution in [0, 0.1) is 0 Å². The average Bonchev–Trinajstić information content (AvgIpc) is 2.29. The van der Waals surface area contributed by atoms with Gasteiger partial charge in [0, 0.05) is 25.5 Å². The van der Waals surface area contributed by atoms with Gasteiger partial charge in [-0.05, 0) is 12.8 Å². The van der Waals surface area contributed by atoms with Gasteiger partial charge in [0.05, 0.1) is 6.20 Å². The molecule has 0 N–H and O–H groups in total. The van der Waals surface area contributed by atoms with E-state index in [1.54, 1.807) is 18.6 Å². The molecule has 0 spiro atoms. The summed E-state index contributed by atoms with van der Waals surface area (Å²) in [5, 5.41) is 0. The van der Waals surface area contributed by atoms with Crippen LogP contribution in [0.2, 0.25) is 0 Å². The second-order valence-electron chi connectivity index (χ2n) is 4.15. The molecule has 1 aromatic heterocycles. The van der Waals surface area contributed by atoms with E-state index in [0.717, 1.165) is 25.9 Å². The lowest BCUT2D eigenvalue weighted by molar-refractivity contribution is 0.0736. The lowest BCUT2D eigenvalue weighted by Gasteiger charge is -2.24. The van der Waals surface area contributed by atoms with Gasteiger partial charge in [0.15, 0.2) is 0 Å². The Morgan fingerprint density at radius 2 is 1.75 bits per heavy atom. The van der Waals surface area contributed by atoms with Gasteiger partial charge < -0.3 is 4.90 Å². The third kappa shape index (κ3) is 2.78. The summed E-state index contributed by atoms with van der Waals surface area (Å²) < 4.78 is 0. The molecule has 1 aliphatic heterocycles. The molecule has 1 amide bonds. The molecule has 2 rings (SSSR count). The summed E-state index contributed by atoms with van der Waals surface area (Å²) in [5.41, 5.74) is 0.461. The van der Waals surface area contributed by atoms with Crippen LogP contribution in [0.15, 0.2) is 18.6 Å². The van der Waals surface area contributed by atoms with Gasteiger partial charge in [-0.25, -0.2) is 4.98 Å². The molecule has 1 aromatic rings. The topological polar surface area (TPSA) is 46.1 Å². The van der Waals surface area contributed by atoms with Crippen LogP contribution in [-0.2, 0) is 0 Å². The Balaban J connectivity index is 2.02. The van der Waals surface area contributed by atoms with Crippen molar-refractivity contribution in [2.45, 2.75) is 32.1 Å². The normalized spacial score (nSPS) is 17.6. The molecular formula is C12H17N3O. The van der Waals surface area contributed by atoms with Crippen LogP contribution in [0.1, 0.15) is 42.6 Å². The first-order valence-electron chi connectivity index (χ1n) is 5.93. The highest BCUT2D eigenvalue weighted by Crippen LogP contribution is 2.12. The number of hydrogen-bond donors (Lipinski definition) is 0. The number of hydrogen-bond acceptors (Lipinski definition) is 3. The summed E-state index contributed by atoms with van der Waals surface area (Å²) in [7, 11) is 0. The molecule has 0 atom stereocenters. The minimum absolute atomic E-state index is 0.0231. The Morgan fingerprint density at radius 1 is 1.06 bits per heavy atom. The zero-order chi connectivity index (χ0) is 11.2. The van der Waals surface area contributed by atoms with E-state index < -0.39 is 0 Å². The molecule has 0 aliphatic carbocycles. The predicted octanol–water partition coefficient (Wildman–Crippen LogP) is 1.88. The summed E-state index contributed by atoms with van der Waals surface area (Å²) in [6, 6.07) is 0. The van der Waals surface area contributed by atoms with E-state index >= 15 is 0 Å². The maximum absolute atomic E-state index is 12.1. The van der Waals surface area contributed by atoms with Crippen molar-refractivity contribution < 1.29 is 4.79 Å². The Kier molecular flexibility index (Phi) is 3.86. The smallest absolute Gasteiger partial charge is 0.274 e. The number of amides is 1. The largest absolute Gasteiger partial charge is 0.337 e. The van der Waals surface area contributed by atoms with E-state index in [4.69, 9.17) is 0 Å². The molecule has 2 heterocycles. The van der Waals surface area contributed by atoms with E-state index in [-0.39, 0.29) is 5.91 Å². The van der Waals surface area contributed by atoms with Gasteiger partial charge in [0.1, 0.15) is 5.69 Å². The van der Waals surface area contributed by atoms with Gasteiger partial charge >= 0.3 is 0 Å². The van der Waals surface area contributed by atoms with Crippen molar-refractivity contribution in [3.05, 3.63) is 24.3 Å². The molecule has 1 fully saturated rings. The lowest BCUT2D eigenvalue weighted by Crippen LogP contribution is -2.34. The fourth-order valence-electron chi connectivity index (χ4n) is 2.02. The SMILES string of the molecule is O=C(c1cnccn1)N1CCCCCCC1. The number of nitrogens with zero attached hydrogens (tertiary/aromatic N) is 3. The van der Waals surface area contributed by atoms with Crippen LogP contribution in [0.4, 0.5) is 0 Å². The number of carbonyl (C=O) groups excluding carboxylic acids is 1.